The van der Waals surface area contributed by atoms with Gasteiger partial charge >= 0.3 is 5.97 Å². The summed E-state index contributed by atoms with van der Waals surface area (Å²) in [4.78, 5) is 18.5. The highest BCUT2D eigenvalue weighted by Gasteiger charge is 2.34. The van der Waals surface area contributed by atoms with Gasteiger partial charge in [-0.25, -0.2) is 9.78 Å². The molecule has 0 bridgehead atoms. The lowest BCUT2D eigenvalue weighted by Crippen LogP contribution is -2.55. The molecule has 6 N–H and O–H groups in total. The minimum absolute atomic E-state index is 0.0732. The highest BCUT2D eigenvalue weighted by Crippen LogP contribution is 2.31. The van der Waals surface area contributed by atoms with Crippen molar-refractivity contribution in [3.63, 3.8) is 0 Å². The van der Waals surface area contributed by atoms with Crippen molar-refractivity contribution >= 4 is 23.2 Å². The van der Waals surface area contributed by atoms with Crippen molar-refractivity contribution in [3.8, 4) is 5.75 Å². The number of aliphatic hydroxyl groups is 1. The number of ether oxygens (including phenoxy) is 2. The molecule has 0 aliphatic carbocycles. The maximum Gasteiger partial charge on any atom is 0.339 e. The number of benzene rings is 1. The quantitative estimate of drug-likeness (QED) is 0.281. The summed E-state index contributed by atoms with van der Waals surface area (Å²) in [6, 6.07) is 8.65. The molecular formula is C22H31N5O4. The molecule has 2 atom stereocenters. The van der Waals surface area contributed by atoms with Gasteiger partial charge in [-0.3, -0.25) is 0 Å². The lowest BCUT2D eigenvalue weighted by molar-refractivity contribution is 0.0389. The maximum atomic E-state index is 12.0. The van der Waals surface area contributed by atoms with Gasteiger partial charge in [-0.15, -0.1) is 0 Å². The largest absolute Gasteiger partial charge is 0.465 e. The Labute approximate surface area is 182 Å². The summed E-state index contributed by atoms with van der Waals surface area (Å²) < 4.78 is 11.2. The van der Waals surface area contributed by atoms with Crippen LogP contribution in [0.5, 0.6) is 5.75 Å². The number of hydrogen-bond acceptors (Lipinski definition) is 9. The number of rotatable bonds is 8. The van der Waals surface area contributed by atoms with E-state index in [2.05, 4.69) is 10.3 Å². The highest BCUT2D eigenvalue weighted by molar-refractivity contribution is 5.89. The van der Waals surface area contributed by atoms with E-state index in [1.165, 1.54) is 6.20 Å². The Hall–Kier alpha value is -3.04. The van der Waals surface area contributed by atoms with Gasteiger partial charge in [-0.1, -0.05) is 6.07 Å². The van der Waals surface area contributed by atoms with E-state index in [0.29, 0.717) is 35.1 Å². The van der Waals surface area contributed by atoms with Gasteiger partial charge in [0.2, 0.25) is 0 Å². The van der Waals surface area contributed by atoms with E-state index in [1.54, 1.807) is 44.2 Å². The molecule has 0 radical (unpaired) electrons. The molecule has 0 spiro atoms. The first-order chi connectivity index (χ1) is 14.9. The van der Waals surface area contributed by atoms with Gasteiger partial charge in [0.25, 0.3) is 0 Å². The third kappa shape index (κ3) is 5.36. The standard InChI is InChI=1S/C22H31N5O4/c1-3-30-22(29)15-7-8-19(26-13-15)27(16-9-11-25-12-10-16)21(14(2)28)31-18-6-4-5-17(23)20(18)24/h4-8,13-14,16,21,25,28H,3,9-12,23-24H2,1-2H3. The van der Waals surface area contributed by atoms with E-state index in [1.807, 2.05) is 4.90 Å². The van der Waals surface area contributed by atoms with Crippen LogP contribution in [0, 0.1) is 0 Å². The van der Waals surface area contributed by atoms with Crippen molar-refractivity contribution < 1.29 is 19.4 Å². The van der Waals surface area contributed by atoms with Gasteiger partial charge in [-0.05, 0) is 64.0 Å². The molecule has 1 fully saturated rings. The Balaban J connectivity index is 1.96. The summed E-state index contributed by atoms with van der Waals surface area (Å²) in [5.41, 5.74) is 13.1. The Morgan fingerprint density at radius 1 is 1.29 bits per heavy atom. The van der Waals surface area contributed by atoms with Gasteiger partial charge in [0.15, 0.2) is 6.23 Å². The number of esters is 1. The summed E-state index contributed by atoms with van der Waals surface area (Å²) in [6.45, 7) is 5.39. The van der Waals surface area contributed by atoms with E-state index in [9.17, 15) is 9.90 Å². The number of pyridine rings is 1. The fourth-order valence-corrected chi connectivity index (χ4v) is 3.67. The van der Waals surface area contributed by atoms with Crippen molar-refractivity contribution in [2.75, 3.05) is 36.1 Å². The number of carbonyl (C=O) groups excluding carboxylic acids is 1. The van der Waals surface area contributed by atoms with Crippen molar-refractivity contribution in [2.45, 2.75) is 45.1 Å². The van der Waals surface area contributed by atoms with E-state index in [4.69, 9.17) is 20.9 Å². The van der Waals surface area contributed by atoms with E-state index >= 15 is 0 Å². The van der Waals surface area contributed by atoms with Gasteiger partial charge in [0.05, 0.1) is 23.5 Å². The molecule has 3 rings (SSSR count). The number of nitrogens with two attached hydrogens (primary N) is 2. The second kappa shape index (κ2) is 10.3. The molecule has 31 heavy (non-hydrogen) atoms. The smallest absolute Gasteiger partial charge is 0.339 e. The van der Waals surface area contributed by atoms with Crippen LogP contribution < -0.4 is 26.4 Å². The maximum absolute atomic E-state index is 12.0. The fraction of sp³-hybridized carbons (Fsp3) is 0.455. The normalized spacial score (nSPS) is 16.4. The molecule has 1 aliphatic rings. The summed E-state index contributed by atoms with van der Waals surface area (Å²) in [7, 11) is 0. The van der Waals surface area contributed by atoms with Gasteiger partial charge in [0.1, 0.15) is 17.7 Å². The molecule has 1 aromatic carbocycles. The molecule has 9 nitrogen and oxygen atoms in total. The molecule has 0 saturated carbocycles. The third-order valence-corrected chi connectivity index (χ3v) is 5.26. The van der Waals surface area contributed by atoms with Crippen LogP contribution >= 0.6 is 0 Å². The average molecular weight is 430 g/mol. The number of hydrogen-bond donors (Lipinski definition) is 4. The topological polar surface area (TPSA) is 136 Å². The lowest BCUT2D eigenvalue weighted by Gasteiger charge is -2.42. The molecule has 168 valence electrons. The zero-order valence-electron chi connectivity index (χ0n) is 18.0. The minimum Gasteiger partial charge on any atom is -0.465 e. The zero-order valence-corrected chi connectivity index (χ0v) is 18.0. The van der Waals surface area contributed by atoms with E-state index < -0.39 is 18.3 Å². The molecule has 2 unspecified atom stereocenters. The summed E-state index contributed by atoms with van der Waals surface area (Å²) in [5, 5.41) is 14.0. The van der Waals surface area contributed by atoms with Gasteiger partial charge in [-0.2, -0.15) is 0 Å². The fourth-order valence-electron chi connectivity index (χ4n) is 3.67. The van der Waals surface area contributed by atoms with Crippen LogP contribution in [-0.2, 0) is 4.74 Å². The van der Waals surface area contributed by atoms with Crippen LogP contribution in [0.25, 0.3) is 0 Å². The monoisotopic (exact) mass is 429 g/mol. The van der Waals surface area contributed by atoms with Crippen molar-refractivity contribution in [3.05, 3.63) is 42.1 Å². The zero-order chi connectivity index (χ0) is 22.4. The minimum atomic E-state index is -0.859. The van der Waals surface area contributed by atoms with Crippen molar-refractivity contribution in [1.29, 1.82) is 0 Å². The van der Waals surface area contributed by atoms with Gasteiger partial charge in [0, 0.05) is 12.2 Å². The number of anilines is 3. The predicted molar refractivity (Wildman–Crippen MR) is 120 cm³/mol. The van der Waals surface area contributed by atoms with Crippen LogP contribution in [0.4, 0.5) is 17.2 Å². The molecule has 0 amide bonds. The number of nitrogens with one attached hydrogen (secondary N) is 1. The number of aromatic nitrogens is 1. The number of aliphatic hydroxyl groups excluding tert-OH is 1. The molecule has 1 saturated heterocycles. The molecule has 1 aliphatic heterocycles. The SMILES string of the molecule is CCOC(=O)c1ccc(N(C2CCNCC2)C(Oc2cccc(N)c2N)C(C)O)nc1. The first-order valence-electron chi connectivity index (χ1n) is 10.5. The summed E-state index contributed by atoms with van der Waals surface area (Å²) in [5.74, 6) is 0.562. The Morgan fingerprint density at radius 3 is 2.65 bits per heavy atom. The first-order valence-corrected chi connectivity index (χ1v) is 10.5. The number of nitrogens with zero attached hydrogens (tertiary/aromatic N) is 2. The van der Waals surface area contributed by atoms with Crippen LogP contribution in [0.2, 0.25) is 0 Å². The Kier molecular flexibility index (Phi) is 7.54. The number of para-hydroxylation sites is 1. The number of carbonyl (C=O) groups is 1. The van der Waals surface area contributed by atoms with Crippen LogP contribution in [0.1, 0.15) is 37.0 Å². The second-order valence-electron chi connectivity index (χ2n) is 7.52. The van der Waals surface area contributed by atoms with E-state index in [0.717, 1.165) is 25.9 Å². The summed E-state index contributed by atoms with van der Waals surface area (Å²) >= 11 is 0. The molecule has 2 aromatic rings. The number of piperidine rings is 1. The summed E-state index contributed by atoms with van der Waals surface area (Å²) in [6.07, 6.45) is 1.56. The van der Waals surface area contributed by atoms with Crippen molar-refractivity contribution in [2.24, 2.45) is 0 Å². The van der Waals surface area contributed by atoms with Crippen LogP contribution in [-0.4, -0.2) is 54.1 Å². The Morgan fingerprint density at radius 2 is 2.03 bits per heavy atom. The molecule has 2 heterocycles. The Bertz CT molecular complexity index is 869. The van der Waals surface area contributed by atoms with Gasteiger partial charge < -0.3 is 36.3 Å². The predicted octanol–water partition coefficient (Wildman–Crippen LogP) is 1.77. The average Bonchev–Trinajstić information content (AvgIpc) is 2.77. The third-order valence-electron chi connectivity index (χ3n) is 5.26. The number of nitrogen functional groups attached to an aromatic ring is 2. The van der Waals surface area contributed by atoms with Crippen molar-refractivity contribution in [1.82, 2.24) is 10.3 Å². The second-order valence-corrected chi connectivity index (χ2v) is 7.52. The van der Waals surface area contributed by atoms with Crippen LogP contribution in [0.3, 0.4) is 0 Å². The first kappa shape index (κ1) is 22.6. The lowest BCUT2D eigenvalue weighted by atomic mass is 10.0. The van der Waals surface area contributed by atoms with E-state index in [-0.39, 0.29) is 6.04 Å². The van der Waals surface area contributed by atoms with Crippen LogP contribution in [0.15, 0.2) is 36.5 Å². The molecular weight excluding hydrogens is 398 g/mol. The highest BCUT2D eigenvalue weighted by atomic mass is 16.5. The molecule has 1 aromatic heterocycles. The molecule has 9 heteroatoms.